The predicted molar refractivity (Wildman–Crippen MR) is 102 cm³/mol. The number of nitrogens with zero attached hydrogens (tertiary/aromatic N) is 1. The van der Waals surface area contributed by atoms with Gasteiger partial charge >= 0.3 is 5.97 Å². The first-order valence-electron chi connectivity index (χ1n) is 8.95. The molecule has 0 atom stereocenters. The van der Waals surface area contributed by atoms with Crippen molar-refractivity contribution in [2.75, 3.05) is 19.7 Å². The summed E-state index contributed by atoms with van der Waals surface area (Å²) in [6.45, 7) is 5.27. The van der Waals surface area contributed by atoms with Crippen molar-refractivity contribution in [1.82, 2.24) is 4.90 Å². The molecule has 4 heteroatoms. The van der Waals surface area contributed by atoms with Crippen molar-refractivity contribution in [2.45, 2.75) is 32.7 Å². The molecule has 0 amide bonds. The molecule has 2 aromatic carbocycles. The van der Waals surface area contributed by atoms with Gasteiger partial charge < -0.3 is 4.74 Å². The number of esters is 1. The number of carbonyl (C=O) groups is 1. The van der Waals surface area contributed by atoms with E-state index in [0.717, 1.165) is 41.3 Å². The Balaban J connectivity index is 1.96. The van der Waals surface area contributed by atoms with Crippen LogP contribution in [0.3, 0.4) is 0 Å². The summed E-state index contributed by atoms with van der Waals surface area (Å²) in [4.78, 5) is 14.6. The Kier molecular flexibility index (Phi) is 6.11. The van der Waals surface area contributed by atoms with Crippen LogP contribution in [0.5, 0.6) is 0 Å². The molecular formula is C21H24ClNO2. The van der Waals surface area contributed by atoms with Gasteiger partial charge in [0.25, 0.3) is 0 Å². The van der Waals surface area contributed by atoms with Crippen LogP contribution in [0.2, 0.25) is 5.02 Å². The molecule has 1 heterocycles. The number of likely N-dealkylation sites (tertiary alicyclic amines) is 1. The maximum absolute atomic E-state index is 12.1. The zero-order chi connectivity index (χ0) is 17.6. The normalized spacial score (nSPS) is 15.1. The standard InChI is InChI=1S/C21H24ClNO2/c1-2-25-21(24)17-9-10-20(16-7-6-8-19(22)14-16)18(13-17)15-23-11-4-3-5-12-23/h6-10,13-14H,2-5,11-12,15H2,1H3. The first kappa shape index (κ1) is 18.0. The minimum Gasteiger partial charge on any atom is -0.462 e. The molecule has 0 radical (unpaired) electrons. The van der Waals surface area contributed by atoms with Crippen LogP contribution in [-0.4, -0.2) is 30.6 Å². The molecule has 1 saturated heterocycles. The first-order chi connectivity index (χ1) is 12.2. The highest BCUT2D eigenvalue weighted by atomic mass is 35.5. The van der Waals surface area contributed by atoms with Gasteiger partial charge in [-0.05, 0) is 73.8 Å². The fourth-order valence-corrected chi connectivity index (χ4v) is 3.55. The summed E-state index contributed by atoms with van der Waals surface area (Å²) in [6.07, 6.45) is 3.79. The van der Waals surface area contributed by atoms with Crippen molar-refractivity contribution in [3.05, 3.63) is 58.6 Å². The van der Waals surface area contributed by atoms with E-state index in [0.29, 0.717) is 12.2 Å². The second-order valence-corrected chi connectivity index (χ2v) is 6.88. The second-order valence-electron chi connectivity index (χ2n) is 6.44. The highest BCUT2D eigenvalue weighted by Gasteiger charge is 2.16. The van der Waals surface area contributed by atoms with E-state index < -0.39 is 0 Å². The number of hydrogen-bond donors (Lipinski definition) is 0. The summed E-state index contributed by atoms with van der Waals surface area (Å²) in [5.74, 6) is -0.264. The molecule has 0 saturated carbocycles. The van der Waals surface area contributed by atoms with E-state index in [4.69, 9.17) is 16.3 Å². The molecule has 1 aliphatic heterocycles. The third-order valence-electron chi connectivity index (χ3n) is 4.59. The predicted octanol–water partition coefficient (Wildman–Crippen LogP) is 5.17. The lowest BCUT2D eigenvalue weighted by molar-refractivity contribution is 0.0526. The van der Waals surface area contributed by atoms with E-state index in [2.05, 4.69) is 11.0 Å². The Morgan fingerprint density at radius 1 is 1.12 bits per heavy atom. The number of halogens is 1. The van der Waals surface area contributed by atoms with Crippen molar-refractivity contribution in [1.29, 1.82) is 0 Å². The molecule has 0 bridgehead atoms. The SMILES string of the molecule is CCOC(=O)c1ccc(-c2cccc(Cl)c2)c(CN2CCCCC2)c1. The van der Waals surface area contributed by atoms with E-state index in [-0.39, 0.29) is 5.97 Å². The first-order valence-corrected chi connectivity index (χ1v) is 9.33. The number of hydrogen-bond acceptors (Lipinski definition) is 3. The van der Waals surface area contributed by atoms with Crippen molar-refractivity contribution >= 4 is 17.6 Å². The van der Waals surface area contributed by atoms with Gasteiger partial charge in [0, 0.05) is 11.6 Å². The highest BCUT2D eigenvalue weighted by Crippen LogP contribution is 2.29. The van der Waals surface area contributed by atoms with Crippen molar-refractivity contribution in [2.24, 2.45) is 0 Å². The lowest BCUT2D eigenvalue weighted by Crippen LogP contribution is -2.29. The number of rotatable bonds is 5. The molecule has 0 unspecified atom stereocenters. The van der Waals surface area contributed by atoms with Gasteiger partial charge in [0.1, 0.15) is 0 Å². The van der Waals surface area contributed by atoms with Crippen LogP contribution in [0.1, 0.15) is 42.1 Å². The van der Waals surface area contributed by atoms with Gasteiger partial charge in [-0.3, -0.25) is 4.90 Å². The van der Waals surface area contributed by atoms with Crippen LogP contribution in [0.4, 0.5) is 0 Å². The van der Waals surface area contributed by atoms with E-state index in [9.17, 15) is 4.79 Å². The van der Waals surface area contributed by atoms with Gasteiger partial charge in [-0.1, -0.05) is 36.2 Å². The van der Waals surface area contributed by atoms with E-state index in [1.165, 1.54) is 19.3 Å². The Labute approximate surface area is 154 Å². The lowest BCUT2D eigenvalue weighted by atomic mass is 9.96. The third-order valence-corrected chi connectivity index (χ3v) is 4.83. The van der Waals surface area contributed by atoms with Crippen molar-refractivity contribution < 1.29 is 9.53 Å². The summed E-state index contributed by atoms with van der Waals surface area (Å²) in [6, 6.07) is 13.7. The minimum atomic E-state index is -0.264. The second kappa shape index (κ2) is 8.50. The fraction of sp³-hybridized carbons (Fsp3) is 0.381. The molecule has 0 aromatic heterocycles. The van der Waals surface area contributed by atoms with Crippen LogP contribution in [-0.2, 0) is 11.3 Å². The molecule has 25 heavy (non-hydrogen) atoms. The van der Waals surface area contributed by atoms with Crippen LogP contribution in [0.15, 0.2) is 42.5 Å². The number of carbonyl (C=O) groups excluding carboxylic acids is 1. The van der Waals surface area contributed by atoms with E-state index >= 15 is 0 Å². The van der Waals surface area contributed by atoms with Gasteiger partial charge in [-0.2, -0.15) is 0 Å². The zero-order valence-electron chi connectivity index (χ0n) is 14.6. The molecule has 0 N–H and O–H groups in total. The fourth-order valence-electron chi connectivity index (χ4n) is 3.36. The molecular weight excluding hydrogens is 334 g/mol. The molecule has 1 aliphatic rings. The van der Waals surface area contributed by atoms with Gasteiger partial charge in [0.05, 0.1) is 12.2 Å². The number of benzene rings is 2. The van der Waals surface area contributed by atoms with E-state index in [1.54, 1.807) is 0 Å². The molecule has 3 rings (SSSR count). The Hall–Kier alpha value is -1.84. The summed E-state index contributed by atoms with van der Waals surface area (Å²) in [7, 11) is 0. The average Bonchev–Trinajstić information content (AvgIpc) is 2.63. The molecule has 0 aliphatic carbocycles. The Bertz CT molecular complexity index is 738. The maximum atomic E-state index is 12.1. The van der Waals surface area contributed by atoms with Crippen LogP contribution in [0.25, 0.3) is 11.1 Å². The summed E-state index contributed by atoms with van der Waals surface area (Å²) in [5, 5.41) is 0.718. The quantitative estimate of drug-likeness (QED) is 0.691. The third kappa shape index (κ3) is 4.62. The lowest BCUT2D eigenvalue weighted by Gasteiger charge is -2.27. The summed E-state index contributed by atoms with van der Waals surface area (Å²) < 4.78 is 5.16. The summed E-state index contributed by atoms with van der Waals surface area (Å²) >= 11 is 6.18. The molecule has 2 aromatic rings. The van der Waals surface area contributed by atoms with E-state index in [1.807, 2.05) is 43.3 Å². The molecule has 1 fully saturated rings. The minimum absolute atomic E-state index is 0.264. The Morgan fingerprint density at radius 3 is 2.64 bits per heavy atom. The van der Waals surface area contributed by atoms with Crippen molar-refractivity contribution in [3.63, 3.8) is 0 Å². The molecule has 0 spiro atoms. The van der Waals surface area contributed by atoms with Gasteiger partial charge in [-0.25, -0.2) is 4.79 Å². The van der Waals surface area contributed by atoms with Crippen LogP contribution in [0, 0.1) is 0 Å². The zero-order valence-corrected chi connectivity index (χ0v) is 15.4. The smallest absolute Gasteiger partial charge is 0.338 e. The Morgan fingerprint density at radius 2 is 1.92 bits per heavy atom. The number of ether oxygens (including phenoxy) is 1. The van der Waals surface area contributed by atoms with Crippen molar-refractivity contribution in [3.8, 4) is 11.1 Å². The van der Waals surface area contributed by atoms with Crippen LogP contribution < -0.4 is 0 Å². The monoisotopic (exact) mass is 357 g/mol. The maximum Gasteiger partial charge on any atom is 0.338 e. The summed E-state index contributed by atoms with van der Waals surface area (Å²) in [5.41, 5.74) is 3.96. The molecule has 132 valence electrons. The largest absolute Gasteiger partial charge is 0.462 e. The topological polar surface area (TPSA) is 29.5 Å². The molecule has 3 nitrogen and oxygen atoms in total. The highest BCUT2D eigenvalue weighted by molar-refractivity contribution is 6.30. The van der Waals surface area contributed by atoms with Crippen LogP contribution >= 0.6 is 11.6 Å². The number of piperidine rings is 1. The van der Waals surface area contributed by atoms with Gasteiger partial charge in [0.2, 0.25) is 0 Å². The van der Waals surface area contributed by atoms with Gasteiger partial charge in [0.15, 0.2) is 0 Å². The average molecular weight is 358 g/mol. The van der Waals surface area contributed by atoms with Gasteiger partial charge in [-0.15, -0.1) is 0 Å².